The molecule has 0 fully saturated rings. The van der Waals surface area contributed by atoms with E-state index >= 15 is 0 Å². The first-order valence-corrected chi connectivity index (χ1v) is 9.17. The summed E-state index contributed by atoms with van der Waals surface area (Å²) in [5.41, 5.74) is 3.10. The predicted molar refractivity (Wildman–Crippen MR) is 105 cm³/mol. The molecule has 2 aromatic heterocycles. The highest BCUT2D eigenvalue weighted by Crippen LogP contribution is 2.21. The lowest BCUT2D eigenvalue weighted by molar-refractivity contribution is -0.385. The maximum Gasteiger partial charge on any atom is 0.353 e. The second-order valence-corrected chi connectivity index (χ2v) is 6.70. The maximum absolute atomic E-state index is 12.2. The van der Waals surface area contributed by atoms with Gasteiger partial charge in [-0.2, -0.15) is 10.2 Å². The number of hydrogen-bond acceptors (Lipinski definition) is 8. The van der Waals surface area contributed by atoms with Gasteiger partial charge < -0.3 is 4.74 Å². The normalized spacial score (nSPS) is 11.1. The van der Waals surface area contributed by atoms with Crippen LogP contribution in [0.25, 0.3) is 0 Å². The van der Waals surface area contributed by atoms with Crippen molar-refractivity contribution < 1.29 is 19.2 Å². The molecule has 11 heteroatoms. The average Bonchev–Trinajstić information content (AvgIpc) is 3.39. The van der Waals surface area contributed by atoms with E-state index in [0.717, 1.165) is 17.1 Å². The smallest absolute Gasteiger partial charge is 0.353 e. The van der Waals surface area contributed by atoms with Crippen molar-refractivity contribution in [3.05, 3.63) is 74.7 Å². The fraction of sp³-hybridized carbons (Fsp3) is 0.111. The summed E-state index contributed by atoms with van der Waals surface area (Å²) in [5, 5.41) is 20.2. The van der Waals surface area contributed by atoms with Crippen LogP contribution in [0.3, 0.4) is 0 Å². The third-order valence-electron chi connectivity index (χ3n) is 3.69. The molecule has 0 spiro atoms. The highest BCUT2D eigenvalue weighted by atomic mass is 32.1. The summed E-state index contributed by atoms with van der Waals surface area (Å²) in [5.74, 6) is -0.691. The minimum atomic E-state index is -0.599. The van der Waals surface area contributed by atoms with Gasteiger partial charge >= 0.3 is 11.7 Å². The zero-order chi connectivity index (χ0) is 20.8. The van der Waals surface area contributed by atoms with Crippen molar-refractivity contribution >= 4 is 34.6 Å². The van der Waals surface area contributed by atoms with Crippen LogP contribution in [0.5, 0.6) is 5.75 Å². The Hall–Kier alpha value is -3.86. The van der Waals surface area contributed by atoms with Gasteiger partial charge in [-0.15, -0.1) is 11.3 Å². The van der Waals surface area contributed by atoms with Crippen LogP contribution in [0.15, 0.2) is 59.3 Å². The van der Waals surface area contributed by atoms with Gasteiger partial charge in [0.05, 0.1) is 10.6 Å². The minimum absolute atomic E-state index is 0.209. The molecule has 3 rings (SSSR count). The van der Waals surface area contributed by atoms with Gasteiger partial charge in [0.1, 0.15) is 29.6 Å². The second kappa shape index (κ2) is 8.89. The van der Waals surface area contributed by atoms with Crippen molar-refractivity contribution in [1.82, 2.24) is 15.2 Å². The molecule has 1 amide bonds. The number of para-hydroxylation sites is 1. The lowest BCUT2D eigenvalue weighted by Crippen LogP contribution is -2.24. The van der Waals surface area contributed by atoms with Crippen LogP contribution in [0.4, 0.5) is 5.69 Å². The van der Waals surface area contributed by atoms with E-state index in [-0.39, 0.29) is 12.2 Å². The van der Waals surface area contributed by atoms with Crippen LogP contribution in [0.1, 0.15) is 22.2 Å². The highest BCUT2D eigenvalue weighted by Gasteiger charge is 2.14. The quantitative estimate of drug-likeness (QED) is 0.208. The molecule has 0 aliphatic heterocycles. The van der Waals surface area contributed by atoms with Crippen molar-refractivity contribution in [2.45, 2.75) is 13.5 Å². The summed E-state index contributed by atoms with van der Waals surface area (Å²) in [6, 6.07) is 10.2. The first-order valence-electron chi connectivity index (χ1n) is 8.29. The van der Waals surface area contributed by atoms with Crippen molar-refractivity contribution in [2.24, 2.45) is 5.10 Å². The van der Waals surface area contributed by atoms with Gasteiger partial charge in [-0.1, -0.05) is 18.2 Å². The molecule has 148 valence electrons. The van der Waals surface area contributed by atoms with E-state index in [4.69, 9.17) is 4.74 Å². The maximum atomic E-state index is 12.2. The predicted octanol–water partition coefficient (Wildman–Crippen LogP) is 2.61. The van der Waals surface area contributed by atoms with Crippen molar-refractivity contribution in [3.63, 3.8) is 0 Å². The van der Waals surface area contributed by atoms with Gasteiger partial charge in [-0.3, -0.25) is 19.6 Å². The summed E-state index contributed by atoms with van der Waals surface area (Å²) in [6.45, 7) is 1.41. The van der Waals surface area contributed by atoms with Gasteiger partial charge in [0.2, 0.25) is 0 Å². The zero-order valence-corrected chi connectivity index (χ0v) is 16.0. The Morgan fingerprint density at radius 3 is 2.79 bits per heavy atom. The van der Waals surface area contributed by atoms with Crippen LogP contribution in [-0.2, 0) is 11.3 Å². The number of esters is 1. The van der Waals surface area contributed by atoms with E-state index in [1.54, 1.807) is 48.7 Å². The fourth-order valence-corrected chi connectivity index (χ4v) is 2.92. The largest absolute Gasteiger partial charge is 0.422 e. The third kappa shape index (κ3) is 5.11. The van der Waals surface area contributed by atoms with Crippen LogP contribution < -0.4 is 10.2 Å². The summed E-state index contributed by atoms with van der Waals surface area (Å²) in [7, 11) is 0. The van der Waals surface area contributed by atoms with E-state index in [9.17, 15) is 19.7 Å². The number of amides is 1. The molecule has 1 aromatic carbocycles. The van der Waals surface area contributed by atoms with Crippen LogP contribution in [0.2, 0.25) is 0 Å². The van der Waals surface area contributed by atoms with Gasteiger partial charge in [0.25, 0.3) is 5.91 Å². The first-order chi connectivity index (χ1) is 13.9. The number of benzene rings is 1. The molecule has 0 radical (unpaired) electrons. The van der Waals surface area contributed by atoms with Crippen molar-refractivity contribution in [1.29, 1.82) is 0 Å². The second-order valence-electron chi connectivity index (χ2n) is 5.75. The van der Waals surface area contributed by atoms with E-state index < -0.39 is 16.8 Å². The van der Waals surface area contributed by atoms with Crippen LogP contribution in [-0.4, -0.2) is 32.3 Å². The SMILES string of the molecule is C/C(=N\NC(=O)Cn1cc([N+](=O)[O-])cn1)c1ccccc1OC(=O)c1cccs1. The lowest BCUT2D eigenvalue weighted by Gasteiger charge is -2.09. The molecule has 0 saturated carbocycles. The molecule has 2 heterocycles. The van der Waals surface area contributed by atoms with E-state index in [1.165, 1.54) is 11.3 Å². The Bertz CT molecular complexity index is 1070. The highest BCUT2D eigenvalue weighted by molar-refractivity contribution is 7.12. The lowest BCUT2D eigenvalue weighted by atomic mass is 10.1. The van der Waals surface area contributed by atoms with Crippen molar-refractivity contribution in [3.8, 4) is 5.75 Å². The van der Waals surface area contributed by atoms with E-state index in [2.05, 4.69) is 15.6 Å². The summed E-state index contributed by atoms with van der Waals surface area (Å²) in [4.78, 5) is 34.7. The number of ether oxygens (including phenoxy) is 1. The topological polar surface area (TPSA) is 129 Å². The van der Waals surface area contributed by atoms with Crippen LogP contribution >= 0.6 is 11.3 Å². The molecule has 0 unspecified atom stereocenters. The number of nitrogens with zero attached hydrogens (tertiary/aromatic N) is 4. The Balaban J connectivity index is 1.66. The number of rotatable bonds is 7. The average molecular weight is 413 g/mol. The van der Waals surface area contributed by atoms with Crippen molar-refractivity contribution in [2.75, 3.05) is 0 Å². The third-order valence-corrected chi connectivity index (χ3v) is 4.54. The van der Waals surface area contributed by atoms with E-state index in [0.29, 0.717) is 21.9 Å². The first kappa shape index (κ1) is 19.9. The number of carbonyl (C=O) groups is 2. The molecular weight excluding hydrogens is 398 g/mol. The monoisotopic (exact) mass is 413 g/mol. The van der Waals surface area contributed by atoms with Gasteiger partial charge in [0.15, 0.2) is 0 Å². The standard InChI is InChI=1S/C18H15N5O5S/c1-12(20-21-17(24)11-22-10-13(9-19-22)23(26)27)14-5-2-3-6-15(14)28-18(25)16-7-4-8-29-16/h2-10H,11H2,1H3,(H,21,24)/b20-12+. The Morgan fingerprint density at radius 2 is 2.10 bits per heavy atom. The molecule has 0 saturated heterocycles. The number of thiophene rings is 1. The molecule has 29 heavy (non-hydrogen) atoms. The fourth-order valence-electron chi connectivity index (χ4n) is 2.32. The van der Waals surface area contributed by atoms with Gasteiger partial charge in [-0.05, 0) is 30.5 Å². The zero-order valence-electron chi connectivity index (χ0n) is 15.1. The molecular formula is C18H15N5O5S. The van der Waals surface area contributed by atoms with Crippen LogP contribution in [0, 0.1) is 10.1 Å². The van der Waals surface area contributed by atoms with E-state index in [1.807, 2.05) is 0 Å². The summed E-state index contributed by atoms with van der Waals surface area (Å²) in [6.07, 6.45) is 2.20. The number of carbonyl (C=O) groups excluding carboxylic acids is 2. The number of nitrogens with one attached hydrogen (secondary N) is 1. The number of aromatic nitrogens is 2. The molecule has 0 bridgehead atoms. The molecule has 0 aliphatic rings. The summed E-state index contributed by atoms with van der Waals surface area (Å²) >= 11 is 1.27. The van der Waals surface area contributed by atoms with Gasteiger partial charge in [-0.25, -0.2) is 10.2 Å². The Morgan fingerprint density at radius 1 is 1.31 bits per heavy atom. The minimum Gasteiger partial charge on any atom is -0.422 e. The summed E-state index contributed by atoms with van der Waals surface area (Å²) < 4.78 is 6.57. The molecule has 0 atom stereocenters. The Kier molecular flexibility index (Phi) is 6.09. The molecule has 0 aliphatic carbocycles. The number of hydrogen-bond donors (Lipinski definition) is 1. The van der Waals surface area contributed by atoms with Gasteiger partial charge in [0, 0.05) is 5.56 Å². The molecule has 3 aromatic rings. The molecule has 10 nitrogen and oxygen atoms in total. The number of nitro groups is 1. The number of hydrazone groups is 1. The molecule has 1 N–H and O–H groups in total. The Labute approximate surface area is 168 Å².